The van der Waals surface area contributed by atoms with E-state index in [4.69, 9.17) is 5.11 Å². The van der Waals surface area contributed by atoms with Gasteiger partial charge < -0.3 is 5.11 Å². The van der Waals surface area contributed by atoms with Gasteiger partial charge in [0.1, 0.15) is 0 Å². The fourth-order valence-electron chi connectivity index (χ4n) is 1.32. The summed E-state index contributed by atoms with van der Waals surface area (Å²) >= 11 is 0. The van der Waals surface area contributed by atoms with Gasteiger partial charge >= 0.3 is 5.97 Å². The molecule has 3 nitrogen and oxygen atoms in total. The van der Waals surface area contributed by atoms with Gasteiger partial charge in [-0.15, -0.1) is 12.4 Å². The summed E-state index contributed by atoms with van der Waals surface area (Å²) in [7, 11) is 0. The number of hydrogen-bond acceptors (Lipinski definition) is 2. The third-order valence-electron chi connectivity index (χ3n) is 2.04. The highest BCUT2D eigenvalue weighted by molar-refractivity contribution is 5.87. The lowest BCUT2D eigenvalue weighted by Gasteiger charge is -2.07. The Bertz CT molecular complexity index is 350. The minimum Gasteiger partial charge on any atom is -0.478 e. The molecule has 0 radical (unpaired) electrons. The minimum absolute atomic E-state index is 0. The second-order valence-electron chi connectivity index (χ2n) is 3.89. The van der Waals surface area contributed by atoms with E-state index in [1.165, 1.54) is 6.20 Å². The second-order valence-corrected chi connectivity index (χ2v) is 3.89. The van der Waals surface area contributed by atoms with Crippen molar-refractivity contribution in [2.45, 2.75) is 27.2 Å². The Morgan fingerprint density at radius 2 is 2.13 bits per heavy atom. The fourth-order valence-corrected chi connectivity index (χ4v) is 1.32. The first-order valence-electron chi connectivity index (χ1n) is 4.69. The Labute approximate surface area is 95.9 Å². The summed E-state index contributed by atoms with van der Waals surface area (Å²) in [6.07, 6.45) is 2.32. The number of aromatic carboxylic acids is 1. The van der Waals surface area contributed by atoms with E-state index < -0.39 is 5.97 Å². The Balaban J connectivity index is 0.00000196. The number of aromatic nitrogens is 1. The van der Waals surface area contributed by atoms with Crippen LogP contribution < -0.4 is 0 Å². The highest BCUT2D eigenvalue weighted by Gasteiger charge is 2.07. The van der Waals surface area contributed by atoms with Crippen molar-refractivity contribution in [2.24, 2.45) is 5.92 Å². The van der Waals surface area contributed by atoms with Gasteiger partial charge in [0.2, 0.25) is 0 Å². The number of pyridine rings is 1. The van der Waals surface area contributed by atoms with Crippen LogP contribution in [-0.2, 0) is 6.42 Å². The van der Waals surface area contributed by atoms with Gasteiger partial charge in [0.05, 0.1) is 5.56 Å². The summed E-state index contributed by atoms with van der Waals surface area (Å²) in [4.78, 5) is 14.8. The van der Waals surface area contributed by atoms with Gasteiger partial charge in [0, 0.05) is 11.9 Å². The topological polar surface area (TPSA) is 50.2 Å². The maximum absolute atomic E-state index is 10.6. The molecule has 0 bridgehead atoms. The third-order valence-corrected chi connectivity index (χ3v) is 2.04. The molecule has 0 aliphatic carbocycles. The monoisotopic (exact) mass is 229 g/mol. The molecular formula is C11H16ClNO2. The smallest absolute Gasteiger partial charge is 0.337 e. The number of carbonyl (C=O) groups is 1. The van der Waals surface area contributed by atoms with Gasteiger partial charge in [-0.3, -0.25) is 4.98 Å². The standard InChI is InChI=1S/C11H15NO2.ClH/c1-7(2)4-10-8(3)5-9(6-12-10)11(13)14;/h5-7H,4H2,1-3H3,(H,13,14);1H. The van der Waals surface area contributed by atoms with Crippen LogP contribution in [0.4, 0.5) is 0 Å². The van der Waals surface area contributed by atoms with Gasteiger partial charge in [0.25, 0.3) is 0 Å². The van der Waals surface area contributed by atoms with Crippen molar-refractivity contribution >= 4 is 18.4 Å². The molecule has 15 heavy (non-hydrogen) atoms. The number of aryl methyl sites for hydroxylation is 1. The SMILES string of the molecule is Cc1cc(C(=O)O)cnc1CC(C)C.Cl. The van der Waals surface area contributed by atoms with Gasteiger partial charge in [-0.1, -0.05) is 13.8 Å². The summed E-state index contributed by atoms with van der Waals surface area (Å²) in [6.45, 7) is 6.13. The maximum atomic E-state index is 10.6. The summed E-state index contributed by atoms with van der Waals surface area (Å²) in [5.74, 6) is -0.381. The van der Waals surface area contributed by atoms with Crippen molar-refractivity contribution in [1.29, 1.82) is 0 Å². The van der Waals surface area contributed by atoms with E-state index >= 15 is 0 Å². The largest absolute Gasteiger partial charge is 0.478 e. The molecule has 1 aromatic rings. The van der Waals surface area contributed by atoms with E-state index in [-0.39, 0.29) is 18.0 Å². The molecule has 1 rings (SSSR count). The normalized spacial score (nSPS) is 9.87. The average molecular weight is 230 g/mol. The Morgan fingerprint density at radius 1 is 1.53 bits per heavy atom. The summed E-state index contributed by atoms with van der Waals surface area (Å²) < 4.78 is 0. The van der Waals surface area contributed by atoms with Crippen LogP contribution in [0.25, 0.3) is 0 Å². The van der Waals surface area contributed by atoms with E-state index in [1.807, 2.05) is 6.92 Å². The first-order valence-corrected chi connectivity index (χ1v) is 4.69. The van der Waals surface area contributed by atoms with E-state index in [0.717, 1.165) is 17.7 Å². The minimum atomic E-state index is -0.920. The number of nitrogens with zero attached hydrogens (tertiary/aromatic N) is 1. The van der Waals surface area contributed by atoms with Crippen LogP contribution in [0.3, 0.4) is 0 Å². The zero-order valence-corrected chi connectivity index (χ0v) is 9.97. The lowest BCUT2D eigenvalue weighted by Crippen LogP contribution is -2.04. The summed E-state index contributed by atoms with van der Waals surface area (Å²) in [6, 6.07) is 1.67. The molecule has 0 aromatic carbocycles. The number of carboxylic acids is 1. The number of carboxylic acid groups (broad SMARTS) is 1. The van der Waals surface area contributed by atoms with Crippen LogP contribution in [0.5, 0.6) is 0 Å². The Kier molecular flexibility index (Phi) is 5.29. The molecule has 0 spiro atoms. The fraction of sp³-hybridized carbons (Fsp3) is 0.455. The van der Waals surface area contributed by atoms with E-state index in [2.05, 4.69) is 18.8 Å². The maximum Gasteiger partial charge on any atom is 0.337 e. The first kappa shape index (κ1) is 13.9. The molecule has 0 unspecified atom stereocenters. The molecule has 84 valence electrons. The highest BCUT2D eigenvalue weighted by Crippen LogP contribution is 2.12. The van der Waals surface area contributed by atoms with Crippen molar-refractivity contribution in [3.8, 4) is 0 Å². The summed E-state index contributed by atoms with van der Waals surface area (Å²) in [5, 5.41) is 8.74. The molecule has 0 aliphatic rings. The molecule has 1 heterocycles. The lowest BCUT2D eigenvalue weighted by atomic mass is 10.0. The van der Waals surface area contributed by atoms with E-state index in [1.54, 1.807) is 6.07 Å². The van der Waals surface area contributed by atoms with E-state index in [9.17, 15) is 4.79 Å². The Hall–Kier alpha value is -1.09. The van der Waals surface area contributed by atoms with Crippen molar-refractivity contribution in [1.82, 2.24) is 4.98 Å². The molecule has 1 aromatic heterocycles. The number of hydrogen-bond donors (Lipinski definition) is 1. The molecule has 0 aliphatic heterocycles. The quantitative estimate of drug-likeness (QED) is 0.867. The van der Waals surface area contributed by atoms with Crippen LogP contribution >= 0.6 is 12.4 Å². The zero-order valence-electron chi connectivity index (χ0n) is 9.15. The van der Waals surface area contributed by atoms with Crippen LogP contribution in [0.1, 0.15) is 35.5 Å². The second kappa shape index (κ2) is 5.71. The van der Waals surface area contributed by atoms with Crippen molar-refractivity contribution < 1.29 is 9.90 Å². The van der Waals surface area contributed by atoms with Crippen LogP contribution in [0.15, 0.2) is 12.3 Å². The molecule has 0 amide bonds. The molecule has 4 heteroatoms. The van der Waals surface area contributed by atoms with Crippen LogP contribution in [0.2, 0.25) is 0 Å². The van der Waals surface area contributed by atoms with Gasteiger partial charge in [-0.2, -0.15) is 0 Å². The number of rotatable bonds is 3. The lowest BCUT2D eigenvalue weighted by molar-refractivity contribution is 0.0696. The van der Waals surface area contributed by atoms with Gasteiger partial charge in [0.15, 0.2) is 0 Å². The molecule has 0 fully saturated rings. The Morgan fingerprint density at radius 3 is 2.53 bits per heavy atom. The van der Waals surface area contributed by atoms with Crippen molar-refractivity contribution in [3.05, 3.63) is 29.1 Å². The predicted molar refractivity (Wildman–Crippen MR) is 61.7 cm³/mol. The number of halogens is 1. The molecular weight excluding hydrogens is 214 g/mol. The van der Waals surface area contributed by atoms with Crippen LogP contribution in [0, 0.1) is 12.8 Å². The highest BCUT2D eigenvalue weighted by atomic mass is 35.5. The predicted octanol–water partition coefficient (Wildman–Crippen LogP) is 2.71. The average Bonchev–Trinajstić information content (AvgIpc) is 2.07. The third kappa shape index (κ3) is 3.88. The molecule has 0 saturated carbocycles. The zero-order chi connectivity index (χ0) is 10.7. The van der Waals surface area contributed by atoms with Gasteiger partial charge in [-0.25, -0.2) is 4.79 Å². The van der Waals surface area contributed by atoms with Crippen molar-refractivity contribution in [2.75, 3.05) is 0 Å². The summed E-state index contributed by atoms with van der Waals surface area (Å²) in [5.41, 5.74) is 2.21. The van der Waals surface area contributed by atoms with Crippen LogP contribution in [-0.4, -0.2) is 16.1 Å². The van der Waals surface area contributed by atoms with Gasteiger partial charge in [-0.05, 0) is 30.9 Å². The van der Waals surface area contributed by atoms with Crippen molar-refractivity contribution in [3.63, 3.8) is 0 Å². The first-order chi connectivity index (χ1) is 6.50. The van der Waals surface area contributed by atoms with E-state index in [0.29, 0.717) is 5.92 Å². The molecule has 1 N–H and O–H groups in total. The molecule has 0 atom stereocenters. The molecule has 0 saturated heterocycles.